The van der Waals surface area contributed by atoms with Gasteiger partial charge in [-0.1, -0.05) is 23.2 Å². The maximum absolute atomic E-state index is 12.3. The highest BCUT2D eigenvalue weighted by molar-refractivity contribution is 9.10. The first-order valence-corrected chi connectivity index (χ1v) is 8.36. The van der Waals surface area contributed by atoms with Crippen LogP contribution in [-0.4, -0.2) is 8.42 Å². The number of nitrogens with two attached hydrogens (primary N) is 1. The fourth-order valence-corrected chi connectivity index (χ4v) is 3.99. The van der Waals surface area contributed by atoms with Crippen LogP contribution in [0.1, 0.15) is 0 Å². The zero-order chi connectivity index (χ0) is 14.9. The molecule has 8 heteroatoms. The Hall–Kier alpha value is -0.950. The lowest BCUT2D eigenvalue weighted by Crippen LogP contribution is -2.14. The molecule has 0 radical (unpaired) electrons. The second-order valence-corrected chi connectivity index (χ2v) is 7.24. The van der Waals surface area contributed by atoms with Crippen LogP contribution in [0.5, 0.6) is 0 Å². The number of nitrogens with one attached hydrogen (secondary N) is 1. The molecule has 0 amide bonds. The molecule has 0 aliphatic carbocycles. The van der Waals surface area contributed by atoms with Gasteiger partial charge in [-0.25, -0.2) is 8.42 Å². The molecule has 0 aromatic heterocycles. The van der Waals surface area contributed by atoms with Crippen molar-refractivity contribution in [2.24, 2.45) is 0 Å². The van der Waals surface area contributed by atoms with Gasteiger partial charge in [0.05, 0.1) is 4.47 Å². The van der Waals surface area contributed by atoms with Gasteiger partial charge in [0.25, 0.3) is 10.0 Å². The summed E-state index contributed by atoms with van der Waals surface area (Å²) >= 11 is 14.7. The van der Waals surface area contributed by atoms with Gasteiger partial charge in [0.15, 0.2) is 0 Å². The fraction of sp³-hybridized carbons (Fsp3) is 0. The molecular weight excluding hydrogens is 387 g/mol. The molecule has 0 saturated carbocycles. The third-order valence-corrected chi connectivity index (χ3v) is 5.44. The number of hydrogen-bond acceptors (Lipinski definition) is 3. The molecule has 106 valence electrons. The van der Waals surface area contributed by atoms with Crippen molar-refractivity contribution in [1.82, 2.24) is 0 Å². The third-order valence-electron chi connectivity index (χ3n) is 2.42. The highest BCUT2D eigenvalue weighted by Crippen LogP contribution is 2.32. The molecule has 2 aromatic carbocycles. The van der Waals surface area contributed by atoms with Gasteiger partial charge in [-0.15, -0.1) is 0 Å². The first-order valence-electron chi connectivity index (χ1n) is 5.32. The highest BCUT2D eigenvalue weighted by atomic mass is 79.9. The van der Waals surface area contributed by atoms with Gasteiger partial charge < -0.3 is 5.73 Å². The van der Waals surface area contributed by atoms with Gasteiger partial charge in [0.1, 0.15) is 4.90 Å². The number of sulfonamides is 1. The fourth-order valence-electron chi connectivity index (χ4n) is 1.51. The summed E-state index contributed by atoms with van der Waals surface area (Å²) in [6, 6.07) is 9.07. The van der Waals surface area contributed by atoms with Gasteiger partial charge in [0, 0.05) is 21.4 Å². The SMILES string of the molecule is Nc1cc(Cl)cc(S(=O)(=O)Nc2ccc(Cl)cc2)c1Br. The van der Waals surface area contributed by atoms with E-state index in [1.807, 2.05) is 0 Å². The lowest BCUT2D eigenvalue weighted by Gasteiger charge is -2.11. The van der Waals surface area contributed by atoms with Crippen molar-refractivity contribution in [2.45, 2.75) is 4.90 Å². The summed E-state index contributed by atoms with van der Waals surface area (Å²) in [7, 11) is -3.81. The van der Waals surface area contributed by atoms with Crippen molar-refractivity contribution in [3.05, 3.63) is 50.9 Å². The van der Waals surface area contributed by atoms with Crippen molar-refractivity contribution in [3.8, 4) is 0 Å². The number of benzene rings is 2. The molecule has 2 rings (SSSR count). The zero-order valence-corrected chi connectivity index (χ0v) is 13.8. The first-order chi connectivity index (χ1) is 9.29. The third kappa shape index (κ3) is 3.38. The Bertz CT molecular complexity index is 749. The minimum atomic E-state index is -3.81. The Morgan fingerprint density at radius 2 is 1.65 bits per heavy atom. The average Bonchev–Trinajstić information content (AvgIpc) is 2.36. The van der Waals surface area contributed by atoms with Crippen molar-refractivity contribution in [3.63, 3.8) is 0 Å². The Morgan fingerprint density at radius 3 is 2.25 bits per heavy atom. The Balaban J connectivity index is 2.43. The number of rotatable bonds is 3. The van der Waals surface area contributed by atoms with E-state index in [9.17, 15) is 8.42 Å². The molecule has 2 aromatic rings. The molecule has 0 heterocycles. The summed E-state index contributed by atoms with van der Waals surface area (Å²) in [6.07, 6.45) is 0. The molecule has 0 bridgehead atoms. The highest BCUT2D eigenvalue weighted by Gasteiger charge is 2.20. The summed E-state index contributed by atoms with van der Waals surface area (Å²) in [4.78, 5) is -0.0301. The molecule has 0 saturated heterocycles. The molecule has 4 nitrogen and oxygen atoms in total. The maximum atomic E-state index is 12.3. The minimum Gasteiger partial charge on any atom is -0.398 e. The lowest BCUT2D eigenvalue weighted by molar-refractivity contribution is 0.601. The second kappa shape index (κ2) is 5.81. The quantitative estimate of drug-likeness (QED) is 0.767. The lowest BCUT2D eigenvalue weighted by atomic mass is 10.3. The van der Waals surface area contributed by atoms with Gasteiger partial charge in [-0.2, -0.15) is 0 Å². The van der Waals surface area contributed by atoms with Crippen molar-refractivity contribution in [2.75, 3.05) is 10.5 Å². The standard InChI is InChI=1S/C12H9BrCl2N2O2S/c13-12-10(16)5-8(15)6-11(12)20(18,19)17-9-3-1-7(14)2-4-9/h1-6,17H,16H2. The average molecular weight is 396 g/mol. The summed E-state index contributed by atoms with van der Waals surface area (Å²) in [6.45, 7) is 0. The van der Waals surface area contributed by atoms with E-state index in [-0.39, 0.29) is 20.1 Å². The van der Waals surface area contributed by atoms with E-state index < -0.39 is 10.0 Å². The Kier molecular flexibility index (Phi) is 4.49. The number of nitrogen functional groups attached to an aromatic ring is 1. The van der Waals surface area contributed by atoms with Crippen LogP contribution < -0.4 is 10.5 Å². The van der Waals surface area contributed by atoms with Crippen molar-refractivity contribution < 1.29 is 8.42 Å². The van der Waals surface area contributed by atoms with Crippen LogP contribution >= 0.6 is 39.1 Å². The summed E-state index contributed by atoms with van der Waals surface area (Å²) in [5.74, 6) is 0. The molecule has 0 aliphatic rings. The summed E-state index contributed by atoms with van der Waals surface area (Å²) < 4.78 is 27.3. The largest absolute Gasteiger partial charge is 0.398 e. The van der Waals surface area contributed by atoms with Crippen LogP contribution in [-0.2, 0) is 10.0 Å². The van der Waals surface area contributed by atoms with Gasteiger partial charge in [0.2, 0.25) is 0 Å². The van der Waals surface area contributed by atoms with E-state index >= 15 is 0 Å². The molecule has 0 atom stereocenters. The minimum absolute atomic E-state index is 0.0301. The molecule has 0 unspecified atom stereocenters. The van der Waals surface area contributed by atoms with Crippen LogP contribution in [0.3, 0.4) is 0 Å². The Labute approximate surface area is 135 Å². The molecule has 0 fully saturated rings. The van der Waals surface area contributed by atoms with Crippen molar-refractivity contribution >= 4 is 60.5 Å². The van der Waals surface area contributed by atoms with Gasteiger partial charge in [-0.05, 0) is 52.3 Å². The second-order valence-electron chi connectivity index (χ2n) is 3.92. The van der Waals surface area contributed by atoms with E-state index in [0.29, 0.717) is 10.7 Å². The molecule has 0 aliphatic heterocycles. The van der Waals surface area contributed by atoms with E-state index in [1.165, 1.54) is 12.1 Å². The smallest absolute Gasteiger partial charge is 0.263 e. The number of hydrogen-bond donors (Lipinski definition) is 2. The van der Waals surface area contributed by atoms with Gasteiger partial charge >= 0.3 is 0 Å². The van der Waals surface area contributed by atoms with E-state index in [4.69, 9.17) is 28.9 Å². The van der Waals surface area contributed by atoms with Crippen LogP contribution in [0.25, 0.3) is 0 Å². The summed E-state index contributed by atoms with van der Waals surface area (Å²) in [5, 5.41) is 0.753. The van der Waals surface area contributed by atoms with Crippen LogP contribution in [0.4, 0.5) is 11.4 Å². The zero-order valence-electron chi connectivity index (χ0n) is 9.90. The monoisotopic (exact) mass is 394 g/mol. The van der Waals surface area contributed by atoms with E-state index in [2.05, 4.69) is 20.7 Å². The topological polar surface area (TPSA) is 72.2 Å². The molecule has 3 N–H and O–H groups in total. The Morgan fingerprint density at radius 1 is 1.05 bits per heavy atom. The normalized spacial score (nSPS) is 11.3. The molecule has 20 heavy (non-hydrogen) atoms. The predicted octanol–water partition coefficient (Wildman–Crippen LogP) is 4.14. The van der Waals surface area contributed by atoms with Crippen LogP contribution in [0.15, 0.2) is 45.8 Å². The van der Waals surface area contributed by atoms with Crippen LogP contribution in [0, 0.1) is 0 Å². The van der Waals surface area contributed by atoms with E-state index in [0.717, 1.165) is 0 Å². The maximum Gasteiger partial charge on any atom is 0.263 e. The van der Waals surface area contributed by atoms with Gasteiger partial charge in [-0.3, -0.25) is 4.72 Å². The first kappa shape index (κ1) is 15.4. The molecule has 0 spiro atoms. The molecular formula is C12H9BrCl2N2O2S. The number of anilines is 2. The van der Waals surface area contributed by atoms with E-state index in [1.54, 1.807) is 24.3 Å². The summed E-state index contributed by atoms with van der Waals surface area (Å²) in [5.41, 5.74) is 6.32. The predicted molar refractivity (Wildman–Crippen MR) is 85.8 cm³/mol. The number of halogens is 3. The van der Waals surface area contributed by atoms with Crippen molar-refractivity contribution in [1.29, 1.82) is 0 Å². The van der Waals surface area contributed by atoms with Crippen LogP contribution in [0.2, 0.25) is 10.0 Å².